The Labute approximate surface area is 211 Å². The molecule has 0 aromatic heterocycles. The quantitative estimate of drug-likeness (QED) is 0.278. The number of hydrazone groups is 1. The van der Waals surface area contributed by atoms with Crippen LogP contribution in [0.1, 0.15) is 24.1 Å². The molecule has 1 heterocycles. The van der Waals surface area contributed by atoms with Gasteiger partial charge in [-0.1, -0.05) is 35.3 Å². The number of benzene rings is 2. The fraction of sp³-hybridized carbons (Fsp3) is 0.217. The minimum atomic E-state index is -0.770. The third-order valence-corrected chi connectivity index (χ3v) is 5.60. The molecule has 0 saturated carbocycles. The van der Waals surface area contributed by atoms with Gasteiger partial charge in [-0.25, -0.2) is 15.0 Å². The summed E-state index contributed by atoms with van der Waals surface area (Å²) in [6.07, 6.45) is 1.33. The smallest absolute Gasteiger partial charge is 0.337 e. The fourth-order valence-electron chi connectivity index (χ4n) is 3.29. The molecule has 1 aliphatic rings. The highest BCUT2D eigenvalue weighted by atomic mass is 35.5. The van der Waals surface area contributed by atoms with E-state index in [-0.39, 0.29) is 23.7 Å². The van der Waals surface area contributed by atoms with E-state index in [9.17, 15) is 14.4 Å². The lowest BCUT2D eigenvalue weighted by atomic mass is 9.95. The van der Waals surface area contributed by atoms with Crippen LogP contribution >= 0.6 is 23.2 Å². The van der Waals surface area contributed by atoms with Gasteiger partial charge in [0.25, 0.3) is 5.91 Å². The SMILES string of the molecule is COC(=O)C1=C(C)NC(=O)N[C@H]1c1ccc(OCC(=O)N/N=C\c2c(Cl)cccc2Cl)c(OC)c1. The number of ether oxygens (including phenoxy) is 3. The maximum Gasteiger partial charge on any atom is 0.337 e. The van der Waals surface area contributed by atoms with Crippen molar-refractivity contribution in [3.8, 4) is 11.5 Å². The van der Waals surface area contributed by atoms with Crippen LogP contribution in [0.25, 0.3) is 0 Å². The first-order valence-electron chi connectivity index (χ1n) is 10.2. The fourth-order valence-corrected chi connectivity index (χ4v) is 3.78. The Morgan fingerprint density at radius 3 is 2.51 bits per heavy atom. The predicted octanol–water partition coefficient (Wildman–Crippen LogP) is 3.33. The molecule has 3 N–H and O–H groups in total. The number of carbonyl (C=O) groups excluding carboxylic acids is 3. The molecule has 2 aromatic carbocycles. The van der Waals surface area contributed by atoms with Crippen molar-refractivity contribution in [3.63, 3.8) is 0 Å². The molecule has 0 aliphatic carbocycles. The molecule has 3 rings (SSSR count). The van der Waals surface area contributed by atoms with E-state index in [0.29, 0.717) is 26.9 Å². The Hall–Kier alpha value is -3.76. The second-order valence-electron chi connectivity index (χ2n) is 7.19. The average molecular weight is 521 g/mol. The van der Waals surface area contributed by atoms with E-state index in [0.717, 1.165) is 0 Å². The van der Waals surface area contributed by atoms with E-state index >= 15 is 0 Å². The molecule has 0 bridgehead atoms. The van der Waals surface area contributed by atoms with Crippen molar-refractivity contribution in [2.24, 2.45) is 5.10 Å². The summed E-state index contributed by atoms with van der Waals surface area (Å²) in [4.78, 5) is 36.4. The number of urea groups is 1. The maximum absolute atomic E-state index is 12.3. The molecule has 2 aromatic rings. The van der Waals surface area contributed by atoms with Crippen LogP contribution in [0.2, 0.25) is 10.0 Å². The van der Waals surface area contributed by atoms with Gasteiger partial charge in [0, 0.05) is 11.3 Å². The zero-order valence-electron chi connectivity index (χ0n) is 19.0. The van der Waals surface area contributed by atoms with Gasteiger partial charge in [-0.3, -0.25) is 4.79 Å². The predicted molar refractivity (Wildman–Crippen MR) is 130 cm³/mol. The van der Waals surface area contributed by atoms with Crippen LogP contribution < -0.4 is 25.5 Å². The van der Waals surface area contributed by atoms with Crippen LogP contribution in [0.15, 0.2) is 52.8 Å². The van der Waals surface area contributed by atoms with Gasteiger partial charge in [-0.15, -0.1) is 0 Å². The molecule has 0 fully saturated rings. The van der Waals surface area contributed by atoms with Crippen LogP contribution in [0.5, 0.6) is 11.5 Å². The normalized spacial score (nSPS) is 15.3. The first-order chi connectivity index (χ1) is 16.7. The molecule has 3 amide bonds. The van der Waals surface area contributed by atoms with Gasteiger partial charge in [0.05, 0.1) is 42.1 Å². The van der Waals surface area contributed by atoms with Gasteiger partial charge in [0.2, 0.25) is 0 Å². The number of nitrogens with one attached hydrogen (secondary N) is 3. The zero-order chi connectivity index (χ0) is 25.5. The highest BCUT2D eigenvalue weighted by molar-refractivity contribution is 6.38. The molecule has 0 unspecified atom stereocenters. The van der Waals surface area contributed by atoms with Crippen molar-refractivity contribution in [1.29, 1.82) is 0 Å². The molecule has 1 atom stereocenters. The summed E-state index contributed by atoms with van der Waals surface area (Å²) in [5.41, 5.74) is 3.97. The molecule has 12 heteroatoms. The second kappa shape index (κ2) is 11.6. The standard InChI is InChI=1S/C23H22Cl2N4O6/c1-12-20(22(31)34-3)21(28-23(32)27-12)13-7-8-17(18(9-13)33-2)35-11-19(30)29-26-10-14-15(24)5-4-6-16(14)25/h4-10,21H,11H2,1-3H3,(H,29,30)(H2,27,28,32)/b26-10-/t21-/m0/s1. The van der Waals surface area contributed by atoms with E-state index in [1.54, 1.807) is 43.3 Å². The molecule has 35 heavy (non-hydrogen) atoms. The topological polar surface area (TPSA) is 127 Å². The highest BCUT2D eigenvalue weighted by Gasteiger charge is 2.32. The first kappa shape index (κ1) is 25.9. The van der Waals surface area contributed by atoms with E-state index < -0.39 is 23.9 Å². The van der Waals surface area contributed by atoms with Crippen molar-refractivity contribution in [2.75, 3.05) is 20.8 Å². The summed E-state index contributed by atoms with van der Waals surface area (Å²) in [7, 11) is 2.68. The van der Waals surface area contributed by atoms with Crippen LogP contribution in [-0.4, -0.2) is 44.9 Å². The number of hydrogen-bond donors (Lipinski definition) is 3. The van der Waals surface area contributed by atoms with E-state index in [4.69, 9.17) is 37.4 Å². The molecule has 1 aliphatic heterocycles. The minimum absolute atomic E-state index is 0.249. The first-order valence-corrected chi connectivity index (χ1v) is 10.9. The summed E-state index contributed by atoms with van der Waals surface area (Å²) in [5, 5.41) is 9.86. The Kier molecular flexibility index (Phi) is 8.56. The van der Waals surface area contributed by atoms with E-state index in [1.807, 2.05) is 0 Å². The van der Waals surface area contributed by atoms with Gasteiger partial charge in [0.15, 0.2) is 18.1 Å². The van der Waals surface area contributed by atoms with Crippen LogP contribution in [-0.2, 0) is 14.3 Å². The van der Waals surface area contributed by atoms with Gasteiger partial charge in [-0.2, -0.15) is 5.10 Å². The number of methoxy groups -OCH3 is 2. The number of rotatable bonds is 8. The molecule has 184 valence electrons. The molecule has 10 nitrogen and oxygen atoms in total. The third-order valence-electron chi connectivity index (χ3n) is 4.94. The largest absolute Gasteiger partial charge is 0.493 e. The van der Waals surface area contributed by atoms with Gasteiger partial charge < -0.3 is 24.8 Å². The average Bonchev–Trinajstić information content (AvgIpc) is 2.83. The number of carbonyl (C=O) groups is 3. The number of allylic oxidation sites excluding steroid dienone is 1. The van der Waals surface area contributed by atoms with E-state index in [2.05, 4.69) is 21.2 Å². The molecule has 0 spiro atoms. The number of hydrogen-bond acceptors (Lipinski definition) is 7. The number of amides is 3. The van der Waals surface area contributed by atoms with E-state index in [1.165, 1.54) is 20.4 Å². The Bertz CT molecular complexity index is 1190. The maximum atomic E-state index is 12.3. The summed E-state index contributed by atoms with van der Waals surface area (Å²) in [5.74, 6) is -0.566. The Balaban J connectivity index is 1.70. The summed E-state index contributed by atoms with van der Waals surface area (Å²) < 4.78 is 15.8. The minimum Gasteiger partial charge on any atom is -0.493 e. The summed E-state index contributed by atoms with van der Waals surface area (Å²) in [6.45, 7) is 1.24. The second-order valence-corrected chi connectivity index (χ2v) is 8.00. The van der Waals surface area contributed by atoms with Gasteiger partial charge >= 0.3 is 12.0 Å². The van der Waals surface area contributed by atoms with Gasteiger partial charge in [-0.05, 0) is 36.8 Å². The zero-order valence-corrected chi connectivity index (χ0v) is 20.5. The lowest BCUT2D eigenvalue weighted by molar-refractivity contribution is -0.136. The lowest BCUT2D eigenvalue weighted by Gasteiger charge is -2.28. The monoisotopic (exact) mass is 520 g/mol. The third kappa shape index (κ3) is 6.23. The van der Waals surface area contributed by atoms with Crippen LogP contribution in [0.3, 0.4) is 0 Å². The van der Waals surface area contributed by atoms with Crippen molar-refractivity contribution in [3.05, 3.63) is 68.8 Å². The van der Waals surface area contributed by atoms with Crippen molar-refractivity contribution in [2.45, 2.75) is 13.0 Å². The van der Waals surface area contributed by atoms with Gasteiger partial charge in [0.1, 0.15) is 0 Å². The number of esters is 1. The van der Waals surface area contributed by atoms with Crippen LogP contribution in [0.4, 0.5) is 4.79 Å². The van der Waals surface area contributed by atoms with Crippen LogP contribution in [0, 0.1) is 0 Å². The Morgan fingerprint density at radius 1 is 1.14 bits per heavy atom. The molecule has 0 radical (unpaired) electrons. The lowest BCUT2D eigenvalue weighted by Crippen LogP contribution is -2.45. The van der Waals surface area contributed by atoms with Crippen molar-refractivity contribution < 1.29 is 28.6 Å². The molecular weight excluding hydrogens is 499 g/mol. The summed E-state index contributed by atoms with van der Waals surface area (Å²) >= 11 is 12.1. The van der Waals surface area contributed by atoms with Crippen molar-refractivity contribution in [1.82, 2.24) is 16.1 Å². The molecular formula is C23H22Cl2N4O6. The number of halogens is 2. The number of nitrogens with zero attached hydrogens (tertiary/aromatic N) is 1. The highest BCUT2D eigenvalue weighted by Crippen LogP contribution is 2.34. The summed E-state index contributed by atoms with van der Waals surface area (Å²) in [6, 6.07) is 8.55. The van der Waals surface area contributed by atoms with Crippen molar-refractivity contribution >= 4 is 47.3 Å². The Morgan fingerprint density at radius 2 is 1.86 bits per heavy atom. The molecule has 0 saturated heterocycles.